The lowest BCUT2D eigenvalue weighted by Gasteiger charge is -2.09. The van der Waals surface area contributed by atoms with E-state index in [1.54, 1.807) is 12.1 Å². The smallest absolute Gasteiger partial charge is 0.410 e. The summed E-state index contributed by atoms with van der Waals surface area (Å²) < 4.78 is 7.21. The van der Waals surface area contributed by atoms with E-state index in [2.05, 4.69) is 48.6 Å². The first-order valence-electron chi connectivity index (χ1n) is 10.3. The molecule has 1 N–H and O–H groups in total. The molecule has 1 aromatic heterocycles. The molecule has 0 unspecified atom stereocenters. The van der Waals surface area contributed by atoms with Crippen LogP contribution in [0.25, 0.3) is 16.8 Å². The molecule has 0 aliphatic rings. The van der Waals surface area contributed by atoms with E-state index in [0.717, 1.165) is 29.1 Å². The van der Waals surface area contributed by atoms with Crippen molar-refractivity contribution in [1.29, 1.82) is 0 Å². The Morgan fingerprint density at radius 3 is 2.23 bits per heavy atom. The molecule has 0 radical (unpaired) electrons. The van der Waals surface area contributed by atoms with Crippen LogP contribution in [0, 0.1) is 13.8 Å². The second-order valence-corrected chi connectivity index (χ2v) is 7.37. The molecule has 1 amide bonds. The molecular weight excluding hydrogens is 386 g/mol. The zero-order valence-electron chi connectivity index (χ0n) is 17.7. The van der Waals surface area contributed by atoms with Crippen LogP contribution in [0.1, 0.15) is 17.0 Å². The van der Waals surface area contributed by atoms with Crippen molar-refractivity contribution in [3.05, 3.63) is 102 Å². The van der Waals surface area contributed by atoms with Crippen LogP contribution in [-0.4, -0.2) is 22.4 Å². The minimum absolute atomic E-state index is 0.445. The van der Waals surface area contributed by atoms with Crippen LogP contribution in [0.15, 0.2) is 84.9 Å². The summed E-state index contributed by atoms with van der Waals surface area (Å²) in [5.41, 5.74) is 6.62. The Morgan fingerprint density at radius 1 is 0.903 bits per heavy atom. The van der Waals surface area contributed by atoms with Crippen LogP contribution in [0.2, 0.25) is 0 Å². The van der Waals surface area contributed by atoms with E-state index in [-0.39, 0.29) is 0 Å². The number of aromatic nitrogens is 2. The van der Waals surface area contributed by atoms with Crippen molar-refractivity contribution in [2.24, 2.45) is 0 Å². The fourth-order valence-corrected chi connectivity index (χ4v) is 3.66. The summed E-state index contributed by atoms with van der Waals surface area (Å²) in [7, 11) is 0. The predicted molar refractivity (Wildman–Crippen MR) is 123 cm³/mol. The van der Waals surface area contributed by atoms with Crippen LogP contribution in [0.5, 0.6) is 5.75 Å². The van der Waals surface area contributed by atoms with E-state index in [1.165, 1.54) is 11.1 Å². The van der Waals surface area contributed by atoms with Gasteiger partial charge in [-0.3, -0.25) is 0 Å². The molecule has 0 saturated heterocycles. The Bertz CT molecular complexity index is 1150. The summed E-state index contributed by atoms with van der Waals surface area (Å²) in [5, 5.41) is 7.54. The largest absolute Gasteiger partial charge is 0.412 e. The van der Waals surface area contributed by atoms with Gasteiger partial charge in [0.2, 0.25) is 0 Å². The predicted octanol–water partition coefficient (Wildman–Crippen LogP) is 5.49. The number of para-hydroxylation sites is 1. The highest BCUT2D eigenvalue weighted by atomic mass is 16.5. The molecule has 156 valence electrons. The van der Waals surface area contributed by atoms with Crippen LogP contribution in [-0.2, 0) is 6.42 Å². The molecule has 3 aromatic carbocycles. The Morgan fingerprint density at radius 2 is 1.55 bits per heavy atom. The van der Waals surface area contributed by atoms with E-state index in [4.69, 9.17) is 9.84 Å². The maximum atomic E-state index is 11.9. The Labute approximate surface area is 182 Å². The van der Waals surface area contributed by atoms with Crippen LogP contribution in [0.4, 0.5) is 4.79 Å². The normalized spacial score (nSPS) is 10.6. The Balaban J connectivity index is 1.38. The summed E-state index contributed by atoms with van der Waals surface area (Å²) in [6.07, 6.45) is 0.273. The van der Waals surface area contributed by atoms with E-state index >= 15 is 0 Å². The molecule has 5 nitrogen and oxygen atoms in total. The lowest BCUT2D eigenvalue weighted by atomic mass is 10.0. The number of aryl methyl sites for hydroxylation is 1. The molecule has 31 heavy (non-hydrogen) atoms. The van der Waals surface area contributed by atoms with E-state index in [1.807, 2.05) is 48.0 Å². The number of carbonyl (C=O) groups excluding carboxylic acids is 1. The molecule has 4 aromatic rings. The quantitative estimate of drug-likeness (QED) is 0.457. The molecule has 4 rings (SSSR count). The summed E-state index contributed by atoms with van der Waals surface area (Å²) >= 11 is 0. The molecule has 0 aliphatic carbocycles. The van der Waals surface area contributed by atoms with Gasteiger partial charge < -0.3 is 10.1 Å². The number of hydrogen-bond donors (Lipinski definition) is 1. The highest BCUT2D eigenvalue weighted by Gasteiger charge is 2.14. The molecular formula is C26H25N3O2. The third-order valence-electron chi connectivity index (χ3n) is 5.17. The number of ether oxygens (including phenoxy) is 1. The van der Waals surface area contributed by atoms with Gasteiger partial charge >= 0.3 is 6.09 Å². The number of nitrogens with one attached hydrogen (secondary N) is 1. The number of amides is 1. The number of hydrogen-bond acceptors (Lipinski definition) is 3. The number of nitrogens with zero attached hydrogens (tertiary/aromatic N) is 2. The van der Waals surface area contributed by atoms with Crippen molar-refractivity contribution < 1.29 is 9.53 Å². The van der Waals surface area contributed by atoms with Gasteiger partial charge in [0.1, 0.15) is 5.75 Å². The number of rotatable bonds is 6. The lowest BCUT2D eigenvalue weighted by molar-refractivity contribution is 0.200. The van der Waals surface area contributed by atoms with Gasteiger partial charge in [0, 0.05) is 17.8 Å². The van der Waals surface area contributed by atoms with Gasteiger partial charge in [0.05, 0.1) is 11.4 Å². The van der Waals surface area contributed by atoms with E-state index < -0.39 is 6.09 Å². The first kappa shape index (κ1) is 20.4. The average molecular weight is 412 g/mol. The molecule has 0 saturated carbocycles. The summed E-state index contributed by atoms with van der Waals surface area (Å²) in [6, 6.07) is 27.6. The molecule has 0 aliphatic heterocycles. The standard InChI is InChI=1S/C26H25N3O2/c1-19-25(22-9-5-3-6-10-22)20(2)29(28-19)23-15-13-21(14-16-23)17-18-27-26(30)31-24-11-7-4-8-12-24/h3-16H,17-18H2,1-2H3,(H,27,30). The fourth-order valence-electron chi connectivity index (χ4n) is 3.66. The topological polar surface area (TPSA) is 56.2 Å². The molecule has 0 spiro atoms. The SMILES string of the molecule is Cc1nn(-c2ccc(CCNC(=O)Oc3ccccc3)cc2)c(C)c1-c1ccccc1. The Kier molecular flexibility index (Phi) is 6.13. The van der Waals surface area contributed by atoms with E-state index in [9.17, 15) is 4.79 Å². The summed E-state index contributed by atoms with van der Waals surface area (Å²) in [6.45, 7) is 4.64. The first-order chi connectivity index (χ1) is 15.1. The fraction of sp³-hybridized carbons (Fsp3) is 0.154. The number of carbonyl (C=O) groups is 1. The van der Waals surface area contributed by atoms with Gasteiger partial charge in [0.15, 0.2) is 0 Å². The highest BCUT2D eigenvalue weighted by molar-refractivity contribution is 5.70. The van der Waals surface area contributed by atoms with Crippen molar-refractivity contribution >= 4 is 6.09 Å². The van der Waals surface area contributed by atoms with Gasteiger partial charge in [-0.1, -0.05) is 60.7 Å². The zero-order chi connectivity index (χ0) is 21.6. The van der Waals surface area contributed by atoms with Crippen LogP contribution < -0.4 is 10.1 Å². The zero-order valence-corrected chi connectivity index (χ0v) is 17.7. The van der Waals surface area contributed by atoms with Crippen molar-refractivity contribution in [1.82, 2.24) is 15.1 Å². The second-order valence-electron chi connectivity index (χ2n) is 7.37. The molecule has 0 fully saturated rings. The third kappa shape index (κ3) is 4.83. The molecule has 5 heteroatoms. The van der Waals surface area contributed by atoms with Gasteiger partial charge in [-0.05, 0) is 55.7 Å². The monoisotopic (exact) mass is 411 g/mol. The van der Waals surface area contributed by atoms with Gasteiger partial charge in [0.25, 0.3) is 0 Å². The highest BCUT2D eigenvalue weighted by Crippen LogP contribution is 2.28. The lowest BCUT2D eigenvalue weighted by Crippen LogP contribution is -2.28. The van der Waals surface area contributed by atoms with Crippen LogP contribution in [0.3, 0.4) is 0 Å². The maximum Gasteiger partial charge on any atom is 0.412 e. The van der Waals surface area contributed by atoms with Crippen molar-refractivity contribution in [2.45, 2.75) is 20.3 Å². The molecule has 1 heterocycles. The first-order valence-corrected chi connectivity index (χ1v) is 10.3. The minimum atomic E-state index is -0.445. The van der Waals surface area contributed by atoms with Gasteiger partial charge in [-0.2, -0.15) is 5.10 Å². The van der Waals surface area contributed by atoms with Crippen molar-refractivity contribution in [2.75, 3.05) is 6.54 Å². The van der Waals surface area contributed by atoms with Crippen molar-refractivity contribution in [3.8, 4) is 22.6 Å². The second kappa shape index (κ2) is 9.30. The minimum Gasteiger partial charge on any atom is -0.410 e. The van der Waals surface area contributed by atoms with E-state index in [0.29, 0.717) is 12.3 Å². The molecule has 0 bridgehead atoms. The number of benzene rings is 3. The summed E-state index contributed by atoms with van der Waals surface area (Å²) in [4.78, 5) is 11.9. The van der Waals surface area contributed by atoms with Gasteiger partial charge in [-0.15, -0.1) is 0 Å². The Hall–Kier alpha value is -3.86. The van der Waals surface area contributed by atoms with Crippen LogP contribution >= 0.6 is 0 Å². The maximum absolute atomic E-state index is 11.9. The summed E-state index contributed by atoms with van der Waals surface area (Å²) in [5.74, 6) is 0.532. The van der Waals surface area contributed by atoms with Crippen molar-refractivity contribution in [3.63, 3.8) is 0 Å². The van der Waals surface area contributed by atoms with Gasteiger partial charge in [-0.25, -0.2) is 9.48 Å². The average Bonchev–Trinajstić information content (AvgIpc) is 3.09. The third-order valence-corrected chi connectivity index (χ3v) is 5.17. The molecule has 0 atom stereocenters.